The highest BCUT2D eigenvalue weighted by molar-refractivity contribution is 6.05. The average Bonchev–Trinajstić information content (AvgIpc) is 2.74. The molecule has 142 valence electrons. The van der Waals surface area contributed by atoms with Crippen LogP contribution >= 0.6 is 0 Å². The molecule has 4 rings (SSSR count). The van der Waals surface area contributed by atoms with E-state index in [1.165, 1.54) is 6.07 Å². The molecular weight excluding hydrogens is 366 g/mol. The second kappa shape index (κ2) is 7.52. The van der Waals surface area contributed by atoms with Crippen molar-refractivity contribution in [2.75, 3.05) is 5.32 Å². The van der Waals surface area contributed by atoms with Crippen LogP contribution in [-0.2, 0) is 0 Å². The van der Waals surface area contributed by atoms with Crippen LogP contribution in [-0.4, -0.2) is 21.4 Å². The third-order valence-electron chi connectivity index (χ3n) is 4.57. The van der Waals surface area contributed by atoms with E-state index in [0.717, 1.165) is 4.57 Å². The topological polar surface area (TPSA) is 81.1 Å². The maximum Gasteiger partial charge on any atom is 0.266 e. The van der Waals surface area contributed by atoms with Gasteiger partial charge in [-0.1, -0.05) is 36.4 Å². The van der Waals surface area contributed by atoms with Crippen LogP contribution in [0.5, 0.6) is 0 Å². The van der Waals surface area contributed by atoms with E-state index in [2.05, 4.69) is 10.3 Å². The number of rotatable bonds is 3. The Balaban J connectivity index is 1.82. The van der Waals surface area contributed by atoms with Crippen LogP contribution < -0.4 is 10.9 Å². The molecule has 2 heterocycles. The fraction of sp³-hybridized carbons (Fsp3) is 0.0435. The molecule has 0 spiro atoms. The van der Waals surface area contributed by atoms with E-state index in [-0.39, 0.29) is 17.4 Å². The second-order valence-electron chi connectivity index (χ2n) is 6.56. The first kappa shape index (κ1) is 18.3. The summed E-state index contributed by atoms with van der Waals surface area (Å²) < 4.78 is 1.04. The Hall–Kier alpha value is -4.06. The van der Waals surface area contributed by atoms with Crippen molar-refractivity contribution in [3.8, 4) is 0 Å². The Bertz CT molecular complexity index is 1280. The number of carbonyl (C=O) groups excluding carboxylic acids is 2. The summed E-state index contributed by atoms with van der Waals surface area (Å²) >= 11 is 0. The first-order chi connectivity index (χ1) is 14.0. The molecule has 0 unspecified atom stereocenters. The molecule has 0 aliphatic heterocycles. The SMILES string of the molecule is Cc1cc(=O)n(C(=O)c2ccccc2)c2nc(NC(=O)c3ccccc3)ccc12. The molecule has 0 saturated heterocycles. The minimum absolute atomic E-state index is 0.203. The quantitative estimate of drug-likeness (QED) is 0.586. The number of aromatic nitrogens is 2. The minimum Gasteiger partial charge on any atom is -0.306 e. The van der Waals surface area contributed by atoms with Gasteiger partial charge in [0, 0.05) is 22.6 Å². The molecule has 0 radical (unpaired) electrons. The van der Waals surface area contributed by atoms with Gasteiger partial charge in [-0.15, -0.1) is 0 Å². The van der Waals surface area contributed by atoms with E-state index < -0.39 is 11.5 Å². The van der Waals surface area contributed by atoms with E-state index >= 15 is 0 Å². The number of fused-ring (bicyclic) bond motifs is 1. The minimum atomic E-state index is -0.473. The van der Waals surface area contributed by atoms with Crippen molar-refractivity contribution in [3.63, 3.8) is 0 Å². The van der Waals surface area contributed by atoms with Gasteiger partial charge in [0.05, 0.1) is 0 Å². The fourth-order valence-corrected chi connectivity index (χ4v) is 3.11. The second-order valence-corrected chi connectivity index (χ2v) is 6.56. The van der Waals surface area contributed by atoms with Crippen molar-refractivity contribution in [1.82, 2.24) is 9.55 Å². The van der Waals surface area contributed by atoms with Gasteiger partial charge in [-0.2, -0.15) is 0 Å². The molecule has 6 nitrogen and oxygen atoms in total. The lowest BCUT2D eigenvalue weighted by Gasteiger charge is -2.12. The van der Waals surface area contributed by atoms with E-state index in [0.29, 0.717) is 22.1 Å². The molecule has 1 N–H and O–H groups in total. The Kier molecular flexibility index (Phi) is 4.75. The van der Waals surface area contributed by atoms with Gasteiger partial charge in [-0.25, -0.2) is 9.55 Å². The van der Waals surface area contributed by atoms with Gasteiger partial charge in [0.15, 0.2) is 5.65 Å². The number of benzene rings is 2. The lowest BCUT2D eigenvalue weighted by atomic mass is 10.1. The van der Waals surface area contributed by atoms with Gasteiger partial charge < -0.3 is 5.32 Å². The van der Waals surface area contributed by atoms with E-state index in [4.69, 9.17) is 0 Å². The number of aryl methyl sites for hydroxylation is 1. The molecule has 0 aliphatic rings. The van der Waals surface area contributed by atoms with Gasteiger partial charge in [-0.05, 0) is 48.9 Å². The summed E-state index contributed by atoms with van der Waals surface area (Å²) in [5, 5.41) is 3.38. The maximum atomic E-state index is 13.0. The summed E-state index contributed by atoms with van der Waals surface area (Å²) in [6, 6.07) is 22.1. The molecule has 0 bridgehead atoms. The van der Waals surface area contributed by atoms with E-state index in [1.807, 2.05) is 6.07 Å². The zero-order valence-corrected chi connectivity index (χ0v) is 15.6. The Morgan fingerprint density at radius 3 is 2.14 bits per heavy atom. The summed E-state index contributed by atoms with van der Waals surface area (Å²) in [4.78, 5) is 42.5. The van der Waals surface area contributed by atoms with Crippen molar-refractivity contribution < 1.29 is 9.59 Å². The number of amides is 1. The lowest BCUT2D eigenvalue weighted by molar-refractivity contribution is 0.0960. The van der Waals surface area contributed by atoms with Gasteiger partial charge in [0.2, 0.25) is 0 Å². The number of anilines is 1. The number of hydrogen-bond acceptors (Lipinski definition) is 4. The summed E-state index contributed by atoms with van der Waals surface area (Å²) in [6.07, 6.45) is 0. The van der Waals surface area contributed by atoms with Crippen LogP contribution in [0, 0.1) is 6.92 Å². The Morgan fingerprint density at radius 2 is 1.48 bits per heavy atom. The van der Waals surface area contributed by atoms with Crippen LogP contribution in [0.3, 0.4) is 0 Å². The summed E-state index contributed by atoms with van der Waals surface area (Å²) in [5.41, 5.74) is 1.30. The fourth-order valence-electron chi connectivity index (χ4n) is 3.11. The van der Waals surface area contributed by atoms with Gasteiger partial charge >= 0.3 is 0 Å². The van der Waals surface area contributed by atoms with Crippen molar-refractivity contribution in [2.24, 2.45) is 0 Å². The number of carbonyl (C=O) groups is 2. The molecule has 0 atom stereocenters. The average molecular weight is 383 g/mol. The predicted octanol–water partition coefficient (Wildman–Crippen LogP) is 3.65. The standard InChI is InChI=1S/C23H17N3O3/c1-15-14-20(27)26(23(29)17-10-6-3-7-11-17)21-18(15)12-13-19(24-21)25-22(28)16-8-4-2-5-9-16/h2-14H,1H3,(H,24,25,28). The molecule has 0 fully saturated rings. The lowest BCUT2D eigenvalue weighted by Crippen LogP contribution is -2.28. The normalized spacial score (nSPS) is 10.7. The molecule has 2 aromatic heterocycles. The van der Waals surface area contributed by atoms with Crippen LogP contribution in [0.2, 0.25) is 0 Å². The molecule has 0 saturated carbocycles. The van der Waals surface area contributed by atoms with E-state index in [1.54, 1.807) is 73.7 Å². The maximum absolute atomic E-state index is 13.0. The first-order valence-electron chi connectivity index (χ1n) is 9.04. The smallest absolute Gasteiger partial charge is 0.266 e. The molecule has 4 aromatic rings. The van der Waals surface area contributed by atoms with Gasteiger partial charge in [0.1, 0.15) is 5.82 Å². The molecular formula is C23H17N3O3. The summed E-state index contributed by atoms with van der Waals surface area (Å²) in [7, 11) is 0. The Labute approximate surface area is 166 Å². The Morgan fingerprint density at radius 1 is 0.862 bits per heavy atom. The van der Waals surface area contributed by atoms with Crippen LogP contribution in [0.15, 0.2) is 83.7 Å². The van der Waals surface area contributed by atoms with E-state index in [9.17, 15) is 14.4 Å². The van der Waals surface area contributed by atoms with Crippen molar-refractivity contribution in [3.05, 3.63) is 106 Å². The predicted molar refractivity (Wildman–Crippen MR) is 111 cm³/mol. The highest BCUT2D eigenvalue weighted by Gasteiger charge is 2.17. The molecule has 2 aromatic carbocycles. The molecule has 1 amide bonds. The summed E-state index contributed by atoms with van der Waals surface area (Å²) in [5.74, 6) is -0.543. The largest absolute Gasteiger partial charge is 0.306 e. The third-order valence-corrected chi connectivity index (χ3v) is 4.57. The highest BCUT2D eigenvalue weighted by Crippen LogP contribution is 2.19. The monoisotopic (exact) mass is 383 g/mol. The molecule has 6 heteroatoms. The van der Waals surface area contributed by atoms with Crippen LogP contribution in [0.4, 0.5) is 5.82 Å². The highest BCUT2D eigenvalue weighted by atomic mass is 16.2. The van der Waals surface area contributed by atoms with Gasteiger partial charge in [0.25, 0.3) is 17.4 Å². The first-order valence-corrected chi connectivity index (χ1v) is 9.04. The number of pyridine rings is 2. The molecule has 29 heavy (non-hydrogen) atoms. The number of hydrogen-bond donors (Lipinski definition) is 1. The van der Waals surface area contributed by atoms with Gasteiger partial charge in [-0.3, -0.25) is 14.4 Å². The third kappa shape index (κ3) is 3.55. The molecule has 0 aliphatic carbocycles. The zero-order valence-electron chi connectivity index (χ0n) is 15.6. The summed E-state index contributed by atoms with van der Waals surface area (Å²) in [6.45, 7) is 1.78. The van der Waals surface area contributed by atoms with Crippen molar-refractivity contribution >= 4 is 28.7 Å². The van der Waals surface area contributed by atoms with Crippen molar-refractivity contribution in [1.29, 1.82) is 0 Å². The van der Waals surface area contributed by atoms with Crippen LogP contribution in [0.1, 0.15) is 26.3 Å². The number of nitrogens with one attached hydrogen (secondary N) is 1. The van der Waals surface area contributed by atoms with Crippen LogP contribution in [0.25, 0.3) is 11.0 Å². The van der Waals surface area contributed by atoms with Crippen molar-refractivity contribution in [2.45, 2.75) is 6.92 Å². The zero-order chi connectivity index (χ0) is 20.4. The number of nitrogens with zero attached hydrogens (tertiary/aromatic N) is 2.